The smallest absolute Gasteiger partial charge is 0.410 e. The zero-order chi connectivity index (χ0) is 34.1. The number of hydrogen-bond acceptors (Lipinski definition) is 6. The van der Waals surface area contributed by atoms with Crippen LogP contribution in [0.4, 0.5) is 13.6 Å². The molecule has 3 aliphatic heterocycles. The summed E-state index contributed by atoms with van der Waals surface area (Å²) in [6.45, 7) is 6.80. The maximum absolute atomic E-state index is 16.5. The predicted octanol–water partition coefficient (Wildman–Crippen LogP) is 8.42. The van der Waals surface area contributed by atoms with Gasteiger partial charge in [0.2, 0.25) is 0 Å². The number of benzene rings is 3. The molecule has 6 rings (SSSR count). The van der Waals surface area contributed by atoms with Crippen molar-refractivity contribution in [2.75, 3.05) is 26.4 Å². The lowest BCUT2D eigenvalue weighted by atomic mass is 9.79. The number of fused-ring (bicyclic) bond motifs is 1. The van der Waals surface area contributed by atoms with Gasteiger partial charge in [-0.3, -0.25) is 0 Å². The minimum atomic E-state index is -1.15. The van der Waals surface area contributed by atoms with Gasteiger partial charge in [0.15, 0.2) is 23.5 Å². The third-order valence-electron chi connectivity index (χ3n) is 8.99. The lowest BCUT2D eigenvalue weighted by molar-refractivity contribution is -0.165. The number of nitrogens with zero attached hydrogens (tertiary/aromatic N) is 1. The van der Waals surface area contributed by atoms with Crippen molar-refractivity contribution in [2.24, 2.45) is 0 Å². The van der Waals surface area contributed by atoms with Crippen molar-refractivity contribution in [1.82, 2.24) is 4.90 Å². The highest BCUT2D eigenvalue weighted by Gasteiger charge is 2.54. The molecule has 10 heteroatoms. The fourth-order valence-corrected chi connectivity index (χ4v) is 7.18. The zero-order valence-corrected chi connectivity index (χ0v) is 28.2. The second kappa shape index (κ2) is 13.9. The number of amides is 1. The molecule has 3 aliphatic rings. The number of carbonyl (C=O) groups is 1. The standard InChI is InChI=1S/C38H40ClF2NO6/c1-5-24-16-17-28(44-20-21-46-31-15-9-10-19-45-31)35(41)32(24)33-26-23-38(25-12-7-6-8-13-25,47-29(26)22-27(40)34(33)39)30-14-11-18-42(30)36(43)48-37(2,3)4/h1,6-8,12-13,16-17,22,30-31H,9-11,14-15,18-21,23H2,2-4H3/t30-,31?,38-/m0/s1. The van der Waals surface area contributed by atoms with E-state index in [1.807, 2.05) is 51.1 Å². The quantitative estimate of drug-likeness (QED) is 0.176. The fourth-order valence-electron chi connectivity index (χ4n) is 6.92. The molecule has 3 heterocycles. The van der Waals surface area contributed by atoms with E-state index in [0.717, 1.165) is 24.8 Å². The first kappa shape index (κ1) is 34.0. The molecule has 0 radical (unpaired) electrons. The van der Waals surface area contributed by atoms with Gasteiger partial charge in [0, 0.05) is 47.9 Å². The van der Waals surface area contributed by atoms with Gasteiger partial charge < -0.3 is 28.6 Å². The van der Waals surface area contributed by atoms with Crippen LogP contribution in [-0.2, 0) is 26.2 Å². The first-order valence-corrected chi connectivity index (χ1v) is 16.8. The van der Waals surface area contributed by atoms with Crippen LogP contribution >= 0.6 is 11.6 Å². The Kier molecular flexibility index (Phi) is 9.89. The largest absolute Gasteiger partial charge is 0.488 e. The summed E-state index contributed by atoms with van der Waals surface area (Å²) in [7, 11) is 0. The summed E-state index contributed by atoms with van der Waals surface area (Å²) in [6, 6.07) is 13.2. The Hall–Kier alpha value is -3.84. The van der Waals surface area contributed by atoms with Gasteiger partial charge in [0.25, 0.3) is 0 Å². The van der Waals surface area contributed by atoms with E-state index < -0.39 is 35.0 Å². The maximum atomic E-state index is 16.5. The number of halogens is 3. The molecule has 1 amide bonds. The van der Waals surface area contributed by atoms with E-state index in [4.69, 9.17) is 41.7 Å². The van der Waals surface area contributed by atoms with Crippen LogP contribution in [-0.4, -0.2) is 55.3 Å². The number of rotatable bonds is 8. The first-order chi connectivity index (χ1) is 23.0. The van der Waals surface area contributed by atoms with Crippen molar-refractivity contribution >= 4 is 17.7 Å². The van der Waals surface area contributed by atoms with Crippen molar-refractivity contribution in [1.29, 1.82) is 0 Å². The third kappa shape index (κ3) is 6.71. The van der Waals surface area contributed by atoms with Crippen LogP contribution in [0, 0.1) is 24.0 Å². The van der Waals surface area contributed by atoms with Crippen LogP contribution in [0.15, 0.2) is 48.5 Å². The summed E-state index contributed by atoms with van der Waals surface area (Å²) in [6.07, 6.45) is 9.39. The average molecular weight is 680 g/mol. The first-order valence-electron chi connectivity index (χ1n) is 16.4. The van der Waals surface area contributed by atoms with E-state index in [1.165, 1.54) is 12.1 Å². The molecule has 3 aromatic carbocycles. The maximum Gasteiger partial charge on any atom is 0.410 e. The van der Waals surface area contributed by atoms with Gasteiger partial charge >= 0.3 is 6.09 Å². The number of hydrogen-bond donors (Lipinski definition) is 0. The summed E-state index contributed by atoms with van der Waals surface area (Å²) >= 11 is 6.70. The lowest BCUT2D eigenvalue weighted by Crippen LogP contribution is -2.53. The van der Waals surface area contributed by atoms with Crippen molar-refractivity contribution in [2.45, 2.75) is 82.8 Å². The van der Waals surface area contributed by atoms with Gasteiger partial charge in [-0.15, -0.1) is 6.42 Å². The molecule has 48 heavy (non-hydrogen) atoms. The van der Waals surface area contributed by atoms with Crippen LogP contribution in [0.1, 0.15) is 69.6 Å². The predicted molar refractivity (Wildman–Crippen MR) is 178 cm³/mol. The Labute approximate surface area is 285 Å². The van der Waals surface area contributed by atoms with Crippen molar-refractivity contribution in [3.63, 3.8) is 0 Å². The van der Waals surface area contributed by atoms with E-state index in [2.05, 4.69) is 5.92 Å². The molecule has 0 bridgehead atoms. The lowest BCUT2D eigenvalue weighted by Gasteiger charge is -2.40. The average Bonchev–Trinajstić information content (AvgIpc) is 3.71. The molecule has 0 aromatic heterocycles. The molecule has 3 atom stereocenters. The Balaban J connectivity index is 1.39. The molecule has 1 unspecified atom stereocenters. The summed E-state index contributed by atoms with van der Waals surface area (Å²) in [5.41, 5.74) is -0.395. The van der Waals surface area contributed by atoms with Crippen molar-refractivity contribution < 1.29 is 37.3 Å². The van der Waals surface area contributed by atoms with E-state index in [0.29, 0.717) is 31.6 Å². The molecular weight excluding hydrogens is 640 g/mol. The monoisotopic (exact) mass is 679 g/mol. The fraction of sp³-hybridized carbons (Fsp3) is 0.447. The van der Waals surface area contributed by atoms with Crippen LogP contribution in [0.3, 0.4) is 0 Å². The summed E-state index contributed by atoms with van der Waals surface area (Å²) < 4.78 is 61.9. The molecule has 7 nitrogen and oxygen atoms in total. The van der Waals surface area contributed by atoms with Crippen LogP contribution in [0.25, 0.3) is 11.1 Å². The van der Waals surface area contributed by atoms with Crippen LogP contribution < -0.4 is 9.47 Å². The molecule has 0 N–H and O–H groups in total. The highest BCUT2D eigenvalue weighted by Crippen LogP contribution is 2.53. The van der Waals surface area contributed by atoms with Gasteiger partial charge in [-0.2, -0.15) is 0 Å². The summed E-state index contributed by atoms with van der Waals surface area (Å²) in [4.78, 5) is 15.2. The van der Waals surface area contributed by atoms with E-state index in [-0.39, 0.29) is 59.1 Å². The highest BCUT2D eigenvalue weighted by atomic mass is 35.5. The van der Waals surface area contributed by atoms with Gasteiger partial charge in [-0.05, 0) is 70.6 Å². The minimum Gasteiger partial charge on any atom is -0.488 e. The molecule has 0 aliphatic carbocycles. The van der Waals surface area contributed by atoms with Gasteiger partial charge in [-0.25, -0.2) is 13.6 Å². The Morgan fingerprint density at radius 1 is 1.08 bits per heavy atom. The second-order valence-electron chi connectivity index (χ2n) is 13.4. The van der Waals surface area contributed by atoms with Crippen LogP contribution in [0.5, 0.6) is 11.5 Å². The Bertz CT molecular complexity index is 1700. The van der Waals surface area contributed by atoms with E-state index in [1.54, 1.807) is 11.0 Å². The number of terminal acetylenes is 1. The van der Waals surface area contributed by atoms with E-state index >= 15 is 8.78 Å². The Morgan fingerprint density at radius 3 is 2.58 bits per heavy atom. The molecule has 2 saturated heterocycles. The molecule has 0 saturated carbocycles. The van der Waals surface area contributed by atoms with Crippen molar-refractivity contribution in [3.8, 4) is 35.0 Å². The van der Waals surface area contributed by atoms with Gasteiger partial charge in [0.1, 0.15) is 23.8 Å². The summed E-state index contributed by atoms with van der Waals surface area (Å²) in [5, 5.41) is -0.290. The third-order valence-corrected chi connectivity index (χ3v) is 9.36. The number of likely N-dealkylation sites (tertiary alicyclic amines) is 1. The molecular formula is C38H40ClF2NO6. The topological polar surface area (TPSA) is 66.5 Å². The molecule has 2 fully saturated rings. The zero-order valence-electron chi connectivity index (χ0n) is 27.5. The molecule has 3 aromatic rings. The van der Waals surface area contributed by atoms with Gasteiger partial charge in [0.05, 0.1) is 17.7 Å². The van der Waals surface area contributed by atoms with Crippen LogP contribution in [0.2, 0.25) is 5.02 Å². The highest BCUT2D eigenvalue weighted by molar-refractivity contribution is 6.34. The normalized spacial score (nSPS) is 22.1. The SMILES string of the molecule is C#Cc1ccc(OCCOC2CCCCO2)c(F)c1-c1c(Cl)c(F)cc2c1C[C@](c1ccccc1)([C@@H]1CCCN1C(=O)OC(C)(C)C)O2. The number of carbonyl (C=O) groups excluding carboxylic acids is 1. The van der Waals surface area contributed by atoms with Crippen molar-refractivity contribution in [3.05, 3.63) is 81.9 Å². The minimum absolute atomic E-state index is 0.0586. The second-order valence-corrected chi connectivity index (χ2v) is 13.7. The van der Waals surface area contributed by atoms with Gasteiger partial charge in [-0.1, -0.05) is 47.9 Å². The molecule has 254 valence electrons. The van der Waals surface area contributed by atoms with E-state index in [9.17, 15) is 4.79 Å². The Morgan fingerprint density at radius 2 is 1.88 bits per heavy atom. The summed E-state index contributed by atoms with van der Waals surface area (Å²) in [5.74, 6) is 1.08. The molecule has 0 spiro atoms. The number of ether oxygens (including phenoxy) is 5.